The smallest absolute Gasteiger partial charge is 0.250 e. The number of carbonyl (C=O) groups is 1. The number of hydrogen-bond acceptors (Lipinski definition) is 6. The zero-order valence-corrected chi connectivity index (χ0v) is 18.0. The Hall–Kier alpha value is -3.65. The molecule has 154 valence electrons. The molecule has 1 amide bonds. The molecule has 0 unspecified atom stereocenters. The highest BCUT2D eigenvalue weighted by atomic mass is 32.1. The number of rotatable bonds is 5. The molecule has 0 saturated carbocycles. The number of anilines is 1. The fourth-order valence-corrected chi connectivity index (χ4v) is 4.54. The maximum absolute atomic E-state index is 13.5. The molecule has 0 saturated heterocycles. The van der Waals surface area contributed by atoms with E-state index in [9.17, 15) is 4.79 Å². The molecule has 0 atom stereocenters. The first kappa shape index (κ1) is 19.3. The molecule has 3 aromatic heterocycles. The highest BCUT2D eigenvalue weighted by molar-refractivity contribution is 7.22. The Kier molecular flexibility index (Phi) is 4.91. The molecular formula is C23H20N6OS. The van der Waals surface area contributed by atoms with Crippen molar-refractivity contribution in [1.82, 2.24) is 25.0 Å². The summed E-state index contributed by atoms with van der Waals surface area (Å²) in [7, 11) is 0. The van der Waals surface area contributed by atoms with Crippen molar-refractivity contribution >= 4 is 43.6 Å². The quantitative estimate of drug-likeness (QED) is 0.417. The van der Waals surface area contributed by atoms with Crippen molar-refractivity contribution in [3.05, 3.63) is 77.6 Å². The highest BCUT2D eigenvalue weighted by Gasteiger charge is 2.23. The summed E-state index contributed by atoms with van der Waals surface area (Å²) in [6, 6.07) is 17.5. The number of amides is 1. The predicted octanol–water partition coefficient (Wildman–Crippen LogP) is 4.29. The molecule has 2 aromatic carbocycles. The van der Waals surface area contributed by atoms with E-state index >= 15 is 0 Å². The van der Waals surface area contributed by atoms with Gasteiger partial charge in [0.1, 0.15) is 12.1 Å². The van der Waals surface area contributed by atoms with E-state index < -0.39 is 0 Å². The molecule has 0 fully saturated rings. The topological polar surface area (TPSA) is 76.8 Å². The molecule has 0 N–H and O–H groups in total. The summed E-state index contributed by atoms with van der Waals surface area (Å²) in [6.07, 6.45) is 1.73. The van der Waals surface area contributed by atoms with Crippen molar-refractivity contribution in [2.24, 2.45) is 0 Å². The number of para-hydroxylation sites is 1. The van der Waals surface area contributed by atoms with E-state index in [1.807, 2.05) is 42.5 Å². The molecule has 0 aliphatic rings. The Morgan fingerprint density at radius 3 is 2.74 bits per heavy atom. The maximum atomic E-state index is 13.5. The fraction of sp³-hybridized carbons (Fsp3) is 0.174. The van der Waals surface area contributed by atoms with Gasteiger partial charge in [-0.2, -0.15) is 0 Å². The molecule has 0 bridgehead atoms. The third-order valence-corrected chi connectivity index (χ3v) is 6.40. The minimum absolute atomic E-state index is 0.0707. The van der Waals surface area contributed by atoms with Crippen molar-refractivity contribution < 1.29 is 4.79 Å². The van der Waals surface area contributed by atoms with Gasteiger partial charge in [0, 0.05) is 6.20 Å². The molecular weight excluding hydrogens is 408 g/mol. The number of fused-ring (bicyclic) bond motifs is 2. The van der Waals surface area contributed by atoms with Crippen LogP contribution in [0.2, 0.25) is 0 Å². The van der Waals surface area contributed by atoms with Gasteiger partial charge in [-0.25, -0.2) is 9.67 Å². The molecule has 7 nitrogen and oxygen atoms in total. The minimum Gasteiger partial charge on any atom is -0.280 e. The average Bonchev–Trinajstić information content (AvgIpc) is 3.40. The lowest BCUT2D eigenvalue weighted by Crippen LogP contribution is -2.34. The van der Waals surface area contributed by atoms with Crippen LogP contribution in [-0.2, 0) is 17.9 Å². The van der Waals surface area contributed by atoms with E-state index in [0.717, 1.165) is 32.5 Å². The summed E-state index contributed by atoms with van der Waals surface area (Å²) in [5.41, 5.74) is 5.63. The summed E-state index contributed by atoms with van der Waals surface area (Å²) < 4.78 is 2.69. The van der Waals surface area contributed by atoms with Crippen LogP contribution in [-0.4, -0.2) is 30.9 Å². The molecule has 5 aromatic rings. The van der Waals surface area contributed by atoms with Crippen molar-refractivity contribution in [3.63, 3.8) is 0 Å². The number of pyridine rings is 1. The first-order chi connectivity index (χ1) is 15.1. The predicted molar refractivity (Wildman–Crippen MR) is 122 cm³/mol. The third-order valence-electron chi connectivity index (χ3n) is 5.36. The van der Waals surface area contributed by atoms with Gasteiger partial charge in [0.2, 0.25) is 0 Å². The number of benzene rings is 2. The Morgan fingerprint density at radius 1 is 1.06 bits per heavy atom. The lowest BCUT2D eigenvalue weighted by atomic mass is 10.1. The Balaban J connectivity index is 1.54. The Morgan fingerprint density at radius 2 is 1.90 bits per heavy atom. The van der Waals surface area contributed by atoms with Gasteiger partial charge in [-0.15, -0.1) is 5.10 Å². The molecule has 5 rings (SSSR count). The first-order valence-corrected chi connectivity index (χ1v) is 10.8. The van der Waals surface area contributed by atoms with Crippen molar-refractivity contribution in [3.8, 4) is 0 Å². The second kappa shape index (κ2) is 7.88. The van der Waals surface area contributed by atoms with Crippen molar-refractivity contribution in [2.75, 3.05) is 4.90 Å². The van der Waals surface area contributed by atoms with Crippen LogP contribution < -0.4 is 4.90 Å². The van der Waals surface area contributed by atoms with Crippen molar-refractivity contribution in [2.45, 2.75) is 26.9 Å². The van der Waals surface area contributed by atoms with Gasteiger partial charge in [0.05, 0.1) is 28.0 Å². The van der Waals surface area contributed by atoms with Crippen LogP contribution in [0, 0.1) is 13.8 Å². The van der Waals surface area contributed by atoms with E-state index in [0.29, 0.717) is 11.7 Å². The zero-order chi connectivity index (χ0) is 21.4. The molecule has 31 heavy (non-hydrogen) atoms. The Labute approximate surface area is 183 Å². The fourth-order valence-electron chi connectivity index (χ4n) is 3.49. The van der Waals surface area contributed by atoms with Gasteiger partial charge in [-0.3, -0.25) is 14.7 Å². The molecule has 3 heterocycles. The van der Waals surface area contributed by atoms with Gasteiger partial charge in [-0.1, -0.05) is 40.8 Å². The molecule has 0 spiro atoms. The van der Waals surface area contributed by atoms with Crippen LogP contribution in [0.25, 0.3) is 21.3 Å². The lowest BCUT2D eigenvalue weighted by Gasteiger charge is -2.19. The van der Waals surface area contributed by atoms with Crippen LogP contribution in [0.5, 0.6) is 0 Å². The summed E-state index contributed by atoms with van der Waals surface area (Å²) in [5.74, 6) is -0.116. The summed E-state index contributed by atoms with van der Waals surface area (Å²) >= 11 is 1.51. The van der Waals surface area contributed by atoms with Crippen LogP contribution in [0.1, 0.15) is 16.8 Å². The second-order valence-corrected chi connectivity index (χ2v) is 8.40. The second-order valence-electron chi connectivity index (χ2n) is 7.39. The zero-order valence-electron chi connectivity index (χ0n) is 17.2. The van der Waals surface area contributed by atoms with Gasteiger partial charge < -0.3 is 0 Å². The number of aromatic nitrogens is 5. The minimum atomic E-state index is -0.116. The number of aryl methyl sites for hydroxylation is 2. The lowest BCUT2D eigenvalue weighted by molar-refractivity contribution is -0.119. The number of carbonyl (C=O) groups excluding carboxylic acids is 1. The van der Waals surface area contributed by atoms with Crippen LogP contribution in [0.15, 0.2) is 60.8 Å². The van der Waals surface area contributed by atoms with Gasteiger partial charge >= 0.3 is 0 Å². The van der Waals surface area contributed by atoms with E-state index in [-0.39, 0.29) is 12.5 Å². The van der Waals surface area contributed by atoms with Gasteiger partial charge in [0.25, 0.3) is 5.91 Å². The summed E-state index contributed by atoms with van der Waals surface area (Å²) in [4.78, 5) is 24.4. The standard InChI is InChI=1S/C23H20N6OS/c1-15-10-11-20-22(16(15)2)25-23(31-20)28(13-17-7-5-6-12-24-17)21(30)14-29-19-9-4-3-8-18(19)26-27-29/h3-12H,13-14H2,1-2H3. The number of hydrogen-bond donors (Lipinski definition) is 0. The largest absolute Gasteiger partial charge is 0.280 e. The van der Waals surface area contributed by atoms with E-state index in [1.54, 1.807) is 15.8 Å². The monoisotopic (exact) mass is 428 g/mol. The Bertz CT molecular complexity index is 1390. The van der Waals surface area contributed by atoms with Gasteiger partial charge in [-0.05, 0) is 55.3 Å². The van der Waals surface area contributed by atoms with Gasteiger partial charge in [0.15, 0.2) is 5.13 Å². The van der Waals surface area contributed by atoms with Crippen molar-refractivity contribution in [1.29, 1.82) is 0 Å². The summed E-state index contributed by atoms with van der Waals surface area (Å²) in [6.45, 7) is 4.54. The summed E-state index contributed by atoms with van der Waals surface area (Å²) in [5, 5.41) is 8.99. The first-order valence-electron chi connectivity index (χ1n) is 9.95. The molecule has 8 heteroatoms. The molecule has 0 radical (unpaired) electrons. The van der Waals surface area contributed by atoms with E-state index in [1.165, 1.54) is 16.9 Å². The van der Waals surface area contributed by atoms with E-state index in [4.69, 9.17) is 4.98 Å². The number of thiazole rings is 1. The van der Waals surface area contributed by atoms with E-state index in [2.05, 4.69) is 41.3 Å². The third kappa shape index (κ3) is 3.66. The van der Waals surface area contributed by atoms with Crippen LogP contribution >= 0.6 is 11.3 Å². The maximum Gasteiger partial charge on any atom is 0.250 e. The number of nitrogens with zero attached hydrogens (tertiary/aromatic N) is 6. The molecule has 0 aliphatic heterocycles. The van der Waals surface area contributed by atoms with Crippen LogP contribution in [0.3, 0.4) is 0 Å². The normalized spacial score (nSPS) is 11.3. The average molecular weight is 429 g/mol. The SMILES string of the molecule is Cc1ccc2sc(N(Cc3ccccn3)C(=O)Cn3nnc4ccccc43)nc2c1C. The highest BCUT2D eigenvalue weighted by Crippen LogP contribution is 2.32. The molecule has 0 aliphatic carbocycles. The van der Waals surface area contributed by atoms with Crippen LogP contribution in [0.4, 0.5) is 5.13 Å².